The molecule has 3 heterocycles. The van der Waals surface area contributed by atoms with Crippen LogP contribution >= 0.6 is 0 Å². The number of aliphatic hydroxyl groups is 3. The summed E-state index contributed by atoms with van der Waals surface area (Å²) in [5, 5.41) is 36.6. The molecular formula is C26H43NO9. The molecule has 0 aromatic carbocycles. The average molecular weight is 514 g/mol. The minimum atomic E-state index is -1.62. The van der Waals surface area contributed by atoms with Gasteiger partial charge in [-0.15, -0.1) is 0 Å². The van der Waals surface area contributed by atoms with Crippen LogP contribution in [0.3, 0.4) is 0 Å². The molecule has 7 rings (SSSR count). The van der Waals surface area contributed by atoms with Crippen LogP contribution in [0.15, 0.2) is 0 Å². The first kappa shape index (κ1) is 25.9. The molecule has 9 bridgehead atoms. The fourth-order valence-electron chi connectivity index (χ4n) is 10.7. The van der Waals surface area contributed by atoms with Crippen molar-refractivity contribution < 1.29 is 43.7 Å². The molecule has 4 saturated carbocycles. The van der Waals surface area contributed by atoms with E-state index in [1.165, 1.54) is 0 Å². The zero-order valence-corrected chi connectivity index (χ0v) is 22.3. The van der Waals surface area contributed by atoms with Crippen molar-refractivity contribution in [1.82, 2.24) is 4.90 Å². The topological polar surface area (TPSA) is 119 Å². The Labute approximate surface area is 213 Å². The Morgan fingerprint density at radius 3 is 2.25 bits per heavy atom. The predicted octanol–water partition coefficient (Wildman–Crippen LogP) is -0.172. The van der Waals surface area contributed by atoms with Crippen LogP contribution in [0.2, 0.25) is 0 Å². The van der Waals surface area contributed by atoms with Crippen molar-refractivity contribution in [3.05, 3.63) is 0 Å². The zero-order valence-electron chi connectivity index (χ0n) is 22.3. The van der Waals surface area contributed by atoms with E-state index in [9.17, 15) is 15.3 Å². The minimum absolute atomic E-state index is 0.0680. The number of fused-ring (bicyclic) bond motifs is 2. The number of piperidine rings is 1. The lowest BCUT2D eigenvalue weighted by Gasteiger charge is -2.71. The summed E-state index contributed by atoms with van der Waals surface area (Å²) in [6, 6.07) is -0.0680. The van der Waals surface area contributed by atoms with Gasteiger partial charge in [-0.05, 0) is 12.5 Å². The van der Waals surface area contributed by atoms with Crippen molar-refractivity contribution >= 4 is 0 Å². The summed E-state index contributed by atoms with van der Waals surface area (Å²) in [7, 11) is 8.22. The van der Waals surface area contributed by atoms with Gasteiger partial charge in [0.2, 0.25) is 0 Å². The summed E-state index contributed by atoms with van der Waals surface area (Å²) in [5.74, 6) is -2.74. The molecule has 7 fully saturated rings. The Morgan fingerprint density at radius 1 is 0.944 bits per heavy atom. The van der Waals surface area contributed by atoms with Gasteiger partial charge in [0.05, 0.1) is 30.5 Å². The number of likely N-dealkylation sites (tertiary alicyclic amines) is 1. The zero-order chi connectivity index (χ0) is 25.8. The van der Waals surface area contributed by atoms with Crippen LogP contribution in [0.1, 0.15) is 26.2 Å². The van der Waals surface area contributed by atoms with Gasteiger partial charge in [0, 0.05) is 96.0 Å². The molecule has 0 amide bonds. The first-order chi connectivity index (χ1) is 17.2. The average Bonchev–Trinajstić information content (AvgIpc) is 2.95. The fraction of sp³-hybridized carbons (Fsp3) is 1.00. The van der Waals surface area contributed by atoms with Crippen LogP contribution in [-0.2, 0) is 28.4 Å². The quantitative estimate of drug-likeness (QED) is 0.423. The van der Waals surface area contributed by atoms with Gasteiger partial charge in [-0.1, -0.05) is 6.92 Å². The molecule has 10 nitrogen and oxygen atoms in total. The van der Waals surface area contributed by atoms with E-state index >= 15 is 0 Å². The van der Waals surface area contributed by atoms with E-state index in [1.807, 2.05) is 0 Å². The smallest absolute Gasteiger partial charge is 0.195 e. The maximum atomic E-state index is 12.9. The summed E-state index contributed by atoms with van der Waals surface area (Å²) in [6.45, 7) is 3.90. The second-order valence-electron chi connectivity index (χ2n) is 12.2. The maximum Gasteiger partial charge on any atom is 0.195 e. The molecule has 1 spiro atoms. The lowest BCUT2D eigenvalue weighted by Crippen LogP contribution is -2.79. The number of methoxy groups -OCH3 is 5. The maximum absolute atomic E-state index is 12.9. The molecule has 0 aromatic heterocycles. The van der Waals surface area contributed by atoms with Crippen molar-refractivity contribution in [3.63, 3.8) is 0 Å². The third-order valence-electron chi connectivity index (χ3n) is 11.5. The summed E-state index contributed by atoms with van der Waals surface area (Å²) in [4.78, 5) is 2.41. The molecule has 3 N–H and O–H groups in total. The largest absolute Gasteiger partial charge is 0.392 e. The Morgan fingerprint density at radius 2 is 1.67 bits per heavy atom. The summed E-state index contributed by atoms with van der Waals surface area (Å²) in [5.41, 5.74) is -2.43. The second kappa shape index (κ2) is 8.30. The van der Waals surface area contributed by atoms with Gasteiger partial charge in [0.15, 0.2) is 12.1 Å². The molecule has 3 aliphatic heterocycles. The molecule has 36 heavy (non-hydrogen) atoms. The third kappa shape index (κ3) is 2.67. The van der Waals surface area contributed by atoms with Gasteiger partial charge < -0.3 is 43.7 Å². The summed E-state index contributed by atoms with van der Waals surface area (Å²) < 4.78 is 36.3. The SMILES string of the molecule is CCN1C[C@]2(COC)[C@H](O)C[C@H](OC)[C@]34C1[C@H]([C@H](OC)[C@H]23)[C@@]1(O)C[C@H](OC)[C@@]2(O)C[C@@H]4[C@@H]1[C@@H](OC)O2. The number of nitrogens with zero attached hydrogens (tertiary/aromatic N) is 1. The van der Waals surface area contributed by atoms with E-state index in [0.717, 1.165) is 6.54 Å². The molecular weight excluding hydrogens is 470 g/mol. The van der Waals surface area contributed by atoms with Crippen molar-refractivity contribution in [2.24, 2.45) is 34.5 Å². The second-order valence-corrected chi connectivity index (χ2v) is 12.2. The van der Waals surface area contributed by atoms with E-state index in [4.69, 9.17) is 28.4 Å². The van der Waals surface area contributed by atoms with E-state index in [-0.39, 0.29) is 48.8 Å². The first-order valence-corrected chi connectivity index (χ1v) is 13.3. The molecule has 3 saturated heterocycles. The predicted molar refractivity (Wildman–Crippen MR) is 126 cm³/mol. The molecule has 0 radical (unpaired) electrons. The normalized spacial score (nSPS) is 59.2. The Kier molecular flexibility index (Phi) is 5.96. The Balaban J connectivity index is 1.68. The minimum Gasteiger partial charge on any atom is -0.392 e. The molecule has 4 aliphatic carbocycles. The molecule has 7 aliphatic rings. The number of rotatable bonds is 7. The van der Waals surface area contributed by atoms with Gasteiger partial charge in [-0.2, -0.15) is 0 Å². The standard InChI is InChI=1S/C26H43NO9/c1-7-27-11-23(12-31-2)14(28)8-15(32-3)26-13-9-25(30)16(33-4)10-24(29,17(13)22(35-6)36-25)18(21(26)27)19(34-5)20(23)26/h13-22,28-30H,7-12H2,1-6H3/t13-,14-,15+,16+,17-,18+,19+,20-,21?,22+,23+,24-,25-,26+/m1/s1. The van der Waals surface area contributed by atoms with Crippen LogP contribution in [0, 0.1) is 34.5 Å². The summed E-state index contributed by atoms with van der Waals surface area (Å²) in [6.07, 6.45) is -1.91. The fourth-order valence-corrected chi connectivity index (χ4v) is 10.7. The highest BCUT2D eigenvalue weighted by atomic mass is 16.7. The summed E-state index contributed by atoms with van der Waals surface area (Å²) >= 11 is 0. The van der Waals surface area contributed by atoms with Gasteiger partial charge in [0.25, 0.3) is 0 Å². The van der Waals surface area contributed by atoms with Crippen molar-refractivity contribution in [2.45, 2.75) is 74.3 Å². The third-order valence-corrected chi connectivity index (χ3v) is 11.5. The van der Waals surface area contributed by atoms with Crippen LogP contribution in [0.4, 0.5) is 0 Å². The monoisotopic (exact) mass is 513 g/mol. The molecule has 1 unspecified atom stereocenters. The Bertz CT molecular complexity index is 878. The van der Waals surface area contributed by atoms with E-state index in [1.54, 1.807) is 35.5 Å². The van der Waals surface area contributed by atoms with Gasteiger partial charge in [-0.25, -0.2) is 0 Å². The number of hydrogen-bond acceptors (Lipinski definition) is 10. The Hall–Kier alpha value is -0.400. The van der Waals surface area contributed by atoms with E-state index in [0.29, 0.717) is 19.6 Å². The molecule has 14 atom stereocenters. The van der Waals surface area contributed by atoms with Gasteiger partial charge in [0.1, 0.15) is 6.10 Å². The van der Waals surface area contributed by atoms with Gasteiger partial charge >= 0.3 is 0 Å². The highest BCUT2D eigenvalue weighted by molar-refractivity contribution is 5.35. The lowest BCUT2D eigenvalue weighted by atomic mass is 9.41. The van der Waals surface area contributed by atoms with Crippen molar-refractivity contribution in [3.8, 4) is 0 Å². The number of hydrogen-bond donors (Lipinski definition) is 3. The van der Waals surface area contributed by atoms with Crippen LogP contribution in [-0.4, -0.2) is 124 Å². The van der Waals surface area contributed by atoms with Crippen LogP contribution < -0.4 is 0 Å². The van der Waals surface area contributed by atoms with Gasteiger partial charge in [-0.3, -0.25) is 4.90 Å². The van der Waals surface area contributed by atoms with Crippen LogP contribution in [0.5, 0.6) is 0 Å². The molecule has 10 heteroatoms. The highest BCUT2D eigenvalue weighted by Gasteiger charge is 2.87. The van der Waals surface area contributed by atoms with E-state index < -0.39 is 46.6 Å². The number of aliphatic hydroxyl groups excluding tert-OH is 1. The molecule has 0 aromatic rings. The first-order valence-electron chi connectivity index (χ1n) is 13.3. The van der Waals surface area contributed by atoms with E-state index in [2.05, 4.69) is 11.8 Å². The molecule has 206 valence electrons. The lowest BCUT2D eigenvalue weighted by molar-refractivity contribution is -0.389. The number of ether oxygens (including phenoxy) is 6. The van der Waals surface area contributed by atoms with Crippen molar-refractivity contribution in [1.29, 1.82) is 0 Å². The van der Waals surface area contributed by atoms with Crippen molar-refractivity contribution in [2.75, 3.05) is 55.2 Å². The van der Waals surface area contributed by atoms with Crippen LogP contribution in [0.25, 0.3) is 0 Å². The highest BCUT2D eigenvalue weighted by Crippen LogP contribution is 2.78.